The Morgan fingerprint density at radius 2 is 1.64 bits per heavy atom. The lowest BCUT2D eigenvalue weighted by Crippen LogP contribution is -2.36. The van der Waals surface area contributed by atoms with E-state index < -0.39 is 27.9 Å². The van der Waals surface area contributed by atoms with Crippen molar-refractivity contribution >= 4 is 81.3 Å². The molecule has 2 aromatic rings. The van der Waals surface area contributed by atoms with Gasteiger partial charge < -0.3 is 15.5 Å². The zero-order chi connectivity index (χ0) is 24.5. The normalized spacial score (nSPS) is 18.7. The molecular formula is C22H20Cl5N3O3. The molecule has 2 N–H and O–H groups in total. The molecule has 2 amide bonds. The largest absolute Gasteiger partial charge is 0.348 e. The van der Waals surface area contributed by atoms with E-state index in [4.69, 9.17) is 58.0 Å². The van der Waals surface area contributed by atoms with Gasteiger partial charge in [0, 0.05) is 27.2 Å². The molecule has 3 rings (SSSR count). The fraction of sp³-hybridized carbons (Fsp3) is 0.318. The van der Waals surface area contributed by atoms with Crippen molar-refractivity contribution in [2.24, 2.45) is 5.92 Å². The van der Waals surface area contributed by atoms with E-state index in [1.807, 2.05) is 0 Å². The zero-order valence-electron chi connectivity index (χ0n) is 17.6. The first-order valence-electron chi connectivity index (χ1n) is 9.79. The van der Waals surface area contributed by atoms with E-state index in [0.29, 0.717) is 21.3 Å². The summed E-state index contributed by atoms with van der Waals surface area (Å²) in [5.41, 5.74) is 1.15. The minimum absolute atomic E-state index is 0.149. The van der Waals surface area contributed by atoms with E-state index >= 15 is 0 Å². The monoisotopic (exact) mass is 549 g/mol. The molecule has 0 radical (unpaired) electrons. The van der Waals surface area contributed by atoms with Crippen LogP contribution in [0.15, 0.2) is 36.4 Å². The van der Waals surface area contributed by atoms with Crippen LogP contribution in [0.4, 0.5) is 5.69 Å². The third-order valence-electron chi connectivity index (χ3n) is 5.02. The Bertz CT molecular complexity index is 1090. The van der Waals surface area contributed by atoms with Crippen LogP contribution in [0.3, 0.4) is 0 Å². The van der Waals surface area contributed by atoms with Crippen LogP contribution in [0.25, 0.3) is 0 Å². The number of carbonyl (C=O) groups excluding carboxylic acids is 3. The number of nitrogens with zero attached hydrogens (tertiary/aromatic N) is 1. The van der Waals surface area contributed by atoms with Gasteiger partial charge in [-0.1, -0.05) is 34.8 Å². The van der Waals surface area contributed by atoms with Gasteiger partial charge >= 0.3 is 0 Å². The molecule has 2 aromatic carbocycles. The molecule has 0 aromatic heterocycles. The van der Waals surface area contributed by atoms with Crippen LogP contribution in [0.2, 0.25) is 15.1 Å². The topological polar surface area (TPSA) is 78.5 Å². The summed E-state index contributed by atoms with van der Waals surface area (Å²) < 4.78 is -1.33. The summed E-state index contributed by atoms with van der Waals surface area (Å²) in [4.78, 5) is 38.9. The number of carbonyl (C=O) groups is 3. The maximum absolute atomic E-state index is 12.9. The van der Waals surface area contributed by atoms with Gasteiger partial charge in [-0.25, -0.2) is 0 Å². The van der Waals surface area contributed by atoms with Crippen molar-refractivity contribution in [1.29, 1.82) is 0 Å². The number of nitrogens with one attached hydrogen (secondary N) is 2. The lowest BCUT2D eigenvalue weighted by atomic mass is 10.1. The highest BCUT2D eigenvalue weighted by molar-refractivity contribution is 6.53. The molecule has 0 saturated heterocycles. The number of hydrogen-bond acceptors (Lipinski definition) is 4. The zero-order valence-corrected chi connectivity index (χ0v) is 21.4. The summed E-state index contributed by atoms with van der Waals surface area (Å²) >= 11 is 31.1. The second kappa shape index (κ2) is 10.4. The SMILES string of the molecule is CN(C)CC(=O)NCC(=O)c1cc(NC(=O)C2C(c3cc(Cl)cc(Cl)c3)C2(Cl)Cl)ccc1Cl. The van der Waals surface area contributed by atoms with Crippen LogP contribution >= 0.6 is 58.0 Å². The quantitative estimate of drug-likeness (QED) is 0.356. The van der Waals surface area contributed by atoms with Gasteiger partial charge in [-0.2, -0.15) is 0 Å². The highest BCUT2D eigenvalue weighted by Crippen LogP contribution is 2.65. The van der Waals surface area contributed by atoms with E-state index in [1.54, 1.807) is 43.3 Å². The molecule has 0 bridgehead atoms. The molecule has 0 spiro atoms. The van der Waals surface area contributed by atoms with Crippen LogP contribution in [-0.4, -0.2) is 54.0 Å². The molecule has 176 valence electrons. The maximum atomic E-state index is 12.9. The number of benzene rings is 2. The average Bonchev–Trinajstić information content (AvgIpc) is 3.28. The summed E-state index contributed by atoms with van der Waals surface area (Å²) in [6, 6.07) is 9.38. The molecule has 6 nitrogen and oxygen atoms in total. The molecule has 1 aliphatic carbocycles. The lowest BCUT2D eigenvalue weighted by Gasteiger charge is -2.11. The number of halogens is 5. The first-order chi connectivity index (χ1) is 15.4. The number of amides is 2. The highest BCUT2D eigenvalue weighted by atomic mass is 35.5. The van der Waals surface area contributed by atoms with Gasteiger partial charge in [-0.15, -0.1) is 23.2 Å². The van der Waals surface area contributed by atoms with Crippen LogP contribution in [0, 0.1) is 5.92 Å². The standard InChI is InChI=1S/C22H20Cl5N3O3/c1-30(2)10-18(32)28-9-17(31)15-8-14(3-4-16(15)25)29-21(33)20-19(22(20,26)27)11-5-12(23)7-13(24)6-11/h3-8,19-20H,9-10H2,1-2H3,(H,28,32)(H,29,33). The Morgan fingerprint density at radius 3 is 2.24 bits per heavy atom. The van der Waals surface area contributed by atoms with Gasteiger partial charge in [0.1, 0.15) is 4.33 Å². The third-order valence-corrected chi connectivity index (χ3v) is 6.73. The summed E-state index contributed by atoms with van der Waals surface area (Å²) in [5.74, 6) is -2.38. The van der Waals surface area contributed by atoms with Crippen molar-refractivity contribution in [3.63, 3.8) is 0 Å². The second-order valence-corrected chi connectivity index (χ2v) is 10.7. The fourth-order valence-electron chi connectivity index (χ4n) is 3.48. The molecule has 0 heterocycles. The summed E-state index contributed by atoms with van der Waals surface area (Å²) in [5, 5.41) is 6.28. The Balaban J connectivity index is 1.70. The van der Waals surface area contributed by atoms with Gasteiger partial charge in [-0.3, -0.25) is 14.4 Å². The van der Waals surface area contributed by atoms with E-state index in [2.05, 4.69) is 10.6 Å². The highest BCUT2D eigenvalue weighted by Gasteiger charge is 2.67. The Morgan fingerprint density at radius 1 is 1.00 bits per heavy atom. The van der Waals surface area contributed by atoms with Crippen molar-refractivity contribution < 1.29 is 14.4 Å². The summed E-state index contributed by atoms with van der Waals surface area (Å²) in [7, 11) is 3.48. The molecule has 1 saturated carbocycles. The third kappa shape index (κ3) is 6.32. The van der Waals surface area contributed by atoms with Crippen molar-refractivity contribution in [3.8, 4) is 0 Å². The van der Waals surface area contributed by atoms with Crippen LogP contribution < -0.4 is 10.6 Å². The number of likely N-dealkylation sites (N-methyl/N-ethyl adjacent to an activating group) is 1. The Labute approximate surface area is 216 Å². The minimum Gasteiger partial charge on any atom is -0.348 e. The molecule has 11 heteroatoms. The molecule has 0 aliphatic heterocycles. The molecule has 1 fully saturated rings. The number of alkyl halides is 2. The molecule has 2 atom stereocenters. The molecular weight excluding hydrogens is 532 g/mol. The van der Waals surface area contributed by atoms with E-state index in [-0.39, 0.29) is 29.6 Å². The first kappa shape index (κ1) is 26.1. The predicted molar refractivity (Wildman–Crippen MR) is 133 cm³/mol. The first-order valence-corrected chi connectivity index (χ1v) is 11.7. The van der Waals surface area contributed by atoms with Crippen LogP contribution in [0.1, 0.15) is 21.8 Å². The molecule has 1 aliphatic rings. The fourth-order valence-corrected chi connectivity index (χ4v) is 5.07. The van der Waals surface area contributed by atoms with Gasteiger partial charge in [0.25, 0.3) is 0 Å². The number of ketones is 1. The number of anilines is 1. The van der Waals surface area contributed by atoms with Crippen LogP contribution in [-0.2, 0) is 9.59 Å². The lowest BCUT2D eigenvalue weighted by molar-refractivity contribution is -0.121. The van der Waals surface area contributed by atoms with Gasteiger partial charge in [0.15, 0.2) is 5.78 Å². The Hall–Kier alpha value is -1.54. The van der Waals surface area contributed by atoms with E-state index in [1.165, 1.54) is 12.1 Å². The molecule has 2 unspecified atom stereocenters. The predicted octanol–water partition coefficient (Wildman–Crippen LogP) is 5.03. The minimum atomic E-state index is -1.33. The van der Waals surface area contributed by atoms with Crippen molar-refractivity contribution in [3.05, 3.63) is 62.6 Å². The smallest absolute Gasteiger partial charge is 0.234 e. The number of Topliss-reactive ketones (excluding diaryl/α,β-unsaturated/α-hetero) is 1. The maximum Gasteiger partial charge on any atom is 0.234 e. The van der Waals surface area contributed by atoms with Gasteiger partial charge in [0.05, 0.1) is 24.0 Å². The van der Waals surface area contributed by atoms with Crippen molar-refractivity contribution in [2.75, 3.05) is 32.5 Å². The van der Waals surface area contributed by atoms with Gasteiger partial charge in [-0.05, 0) is 56.1 Å². The van der Waals surface area contributed by atoms with Crippen molar-refractivity contribution in [1.82, 2.24) is 10.2 Å². The van der Waals surface area contributed by atoms with Gasteiger partial charge in [0.2, 0.25) is 11.8 Å². The van der Waals surface area contributed by atoms with Crippen molar-refractivity contribution in [2.45, 2.75) is 10.3 Å². The number of hydrogen-bond donors (Lipinski definition) is 2. The summed E-state index contributed by atoms with van der Waals surface area (Å²) in [6.07, 6.45) is 0. The Kier molecular flexibility index (Phi) is 8.20. The number of rotatable bonds is 8. The van der Waals surface area contributed by atoms with E-state index in [0.717, 1.165) is 0 Å². The summed E-state index contributed by atoms with van der Waals surface area (Å²) in [6.45, 7) is -0.0768. The van der Waals surface area contributed by atoms with E-state index in [9.17, 15) is 14.4 Å². The average molecular weight is 552 g/mol. The van der Waals surface area contributed by atoms with Crippen LogP contribution in [0.5, 0.6) is 0 Å². The second-order valence-electron chi connectivity index (χ2n) is 7.95. The molecule has 33 heavy (non-hydrogen) atoms.